The minimum absolute atomic E-state index is 0.377. The number of ether oxygens (including phenoxy) is 1. The lowest BCUT2D eigenvalue weighted by molar-refractivity contribution is -0.522. The average Bonchev–Trinajstić information content (AvgIpc) is 2.20. The maximum absolute atomic E-state index is 11.6. The molecule has 0 aliphatic heterocycles. The zero-order valence-electron chi connectivity index (χ0n) is 11.9. The second-order valence-corrected chi connectivity index (χ2v) is 5.42. The van der Waals surface area contributed by atoms with Gasteiger partial charge >= 0.3 is 6.09 Å². The quantitative estimate of drug-likeness (QED) is 0.588. The van der Waals surface area contributed by atoms with E-state index in [1.54, 1.807) is 20.8 Å². The Balaban J connectivity index is 4.49. The molecular weight excluding hydrogens is 236 g/mol. The Kier molecular flexibility index (Phi) is 6.65. The predicted octanol–water partition coefficient (Wildman–Crippen LogP) is 2.74. The van der Waals surface area contributed by atoms with Gasteiger partial charge in [0.05, 0.1) is 6.04 Å². The molecule has 0 bridgehead atoms. The zero-order chi connectivity index (χ0) is 14.3. The Morgan fingerprint density at radius 2 is 2.00 bits per heavy atom. The topological polar surface area (TPSA) is 81.5 Å². The monoisotopic (exact) mass is 260 g/mol. The van der Waals surface area contributed by atoms with Crippen molar-refractivity contribution in [1.82, 2.24) is 5.32 Å². The van der Waals surface area contributed by atoms with Crippen molar-refractivity contribution in [2.75, 3.05) is 0 Å². The van der Waals surface area contributed by atoms with Gasteiger partial charge in [-0.3, -0.25) is 10.1 Å². The molecule has 0 saturated heterocycles. The molecule has 106 valence electrons. The molecule has 0 heterocycles. The van der Waals surface area contributed by atoms with Crippen molar-refractivity contribution in [2.24, 2.45) is 0 Å². The summed E-state index contributed by atoms with van der Waals surface area (Å²) in [5.41, 5.74) is -0.600. The Labute approximate surface area is 108 Å². The lowest BCUT2D eigenvalue weighted by atomic mass is 10.0. The molecule has 0 aliphatic carbocycles. The van der Waals surface area contributed by atoms with Crippen LogP contribution in [0.25, 0.3) is 0 Å². The SMILES string of the molecule is CCCC[C@H](NC(=O)OC(C)(C)C)[C@H](C)[N+](=O)[O-]. The van der Waals surface area contributed by atoms with Crippen LogP contribution in [0.1, 0.15) is 53.9 Å². The van der Waals surface area contributed by atoms with Gasteiger partial charge in [-0.25, -0.2) is 4.79 Å². The Morgan fingerprint density at radius 3 is 2.39 bits per heavy atom. The van der Waals surface area contributed by atoms with Gasteiger partial charge in [0, 0.05) is 11.8 Å². The van der Waals surface area contributed by atoms with Crippen molar-refractivity contribution in [3.8, 4) is 0 Å². The second kappa shape index (κ2) is 7.18. The number of alkyl carbamates (subject to hydrolysis) is 1. The third-order valence-electron chi connectivity index (χ3n) is 2.49. The molecule has 0 rings (SSSR count). The van der Waals surface area contributed by atoms with Crippen LogP contribution in [0.3, 0.4) is 0 Å². The summed E-state index contributed by atoms with van der Waals surface area (Å²) < 4.78 is 5.11. The number of amides is 1. The van der Waals surface area contributed by atoms with Gasteiger partial charge in [0.15, 0.2) is 0 Å². The van der Waals surface area contributed by atoms with Crippen LogP contribution in [0.15, 0.2) is 0 Å². The Morgan fingerprint density at radius 1 is 1.44 bits per heavy atom. The van der Waals surface area contributed by atoms with Crippen LogP contribution >= 0.6 is 0 Å². The molecule has 1 amide bonds. The van der Waals surface area contributed by atoms with E-state index in [4.69, 9.17) is 4.74 Å². The summed E-state index contributed by atoms with van der Waals surface area (Å²) in [5, 5.41) is 13.4. The first-order valence-corrected chi connectivity index (χ1v) is 6.30. The second-order valence-electron chi connectivity index (χ2n) is 5.42. The van der Waals surface area contributed by atoms with Crippen LogP contribution in [0, 0.1) is 10.1 Å². The minimum Gasteiger partial charge on any atom is -0.444 e. The summed E-state index contributed by atoms with van der Waals surface area (Å²) in [6.07, 6.45) is 1.74. The number of rotatable bonds is 6. The molecule has 2 atom stereocenters. The molecule has 1 N–H and O–H groups in total. The molecular formula is C12H24N2O4. The van der Waals surface area contributed by atoms with Gasteiger partial charge in [-0.15, -0.1) is 0 Å². The Bertz CT molecular complexity index is 286. The van der Waals surface area contributed by atoms with Crippen molar-refractivity contribution in [3.63, 3.8) is 0 Å². The standard InChI is InChI=1S/C12H24N2O4/c1-6-7-8-10(9(2)14(16)17)13-11(15)18-12(3,4)5/h9-10H,6-8H2,1-5H3,(H,13,15)/t9-,10-/m0/s1. The lowest BCUT2D eigenvalue weighted by Crippen LogP contribution is -2.47. The first-order valence-electron chi connectivity index (χ1n) is 6.30. The lowest BCUT2D eigenvalue weighted by Gasteiger charge is -2.24. The molecule has 0 aromatic heterocycles. The molecule has 0 saturated carbocycles. The molecule has 0 aromatic rings. The van der Waals surface area contributed by atoms with Gasteiger partial charge in [0.25, 0.3) is 0 Å². The van der Waals surface area contributed by atoms with E-state index in [2.05, 4.69) is 5.32 Å². The van der Waals surface area contributed by atoms with Crippen molar-refractivity contribution < 1.29 is 14.5 Å². The van der Waals surface area contributed by atoms with Gasteiger partial charge < -0.3 is 10.1 Å². The number of carbonyl (C=O) groups excluding carboxylic acids is 1. The number of nitrogens with zero attached hydrogens (tertiary/aromatic N) is 1. The first kappa shape index (κ1) is 16.7. The number of nitro groups is 1. The van der Waals surface area contributed by atoms with Crippen LogP contribution in [-0.4, -0.2) is 28.7 Å². The van der Waals surface area contributed by atoms with E-state index in [0.717, 1.165) is 12.8 Å². The maximum atomic E-state index is 11.6. The summed E-state index contributed by atoms with van der Waals surface area (Å²) in [6, 6.07) is -1.31. The van der Waals surface area contributed by atoms with Crippen LogP contribution in [0.5, 0.6) is 0 Å². The highest BCUT2D eigenvalue weighted by Crippen LogP contribution is 2.11. The first-order chi connectivity index (χ1) is 8.17. The average molecular weight is 260 g/mol. The molecule has 0 radical (unpaired) electrons. The van der Waals surface area contributed by atoms with E-state index < -0.39 is 23.8 Å². The third-order valence-corrected chi connectivity index (χ3v) is 2.49. The van der Waals surface area contributed by atoms with Crippen molar-refractivity contribution in [2.45, 2.75) is 71.6 Å². The normalized spacial score (nSPS) is 14.7. The van der Waals surface area contributed by atoms with E-state index in [1.165, 1.54) is 6.92 Å². The highest BCUT2D eigenvalue weighted by molar-refractivity contribution is 5.68. The highest BCUT2D eigenvalue weighted by Gasteiger charge is 2.29. The maximum Gasteiger partial charge on any atom is 0.408 e. The fourth-order valence-electron chi connectivity index (χ4n) is 1.46. The molecule has 18 heavy (non-hydrogen) atoms. The largest absolute Gasteiger partial charge is 0.444 e. The molecule has 0 unspecified atom stereocenters. The van der Waals surface area contributed by atoms with Gasteiger partial charge in [-0.1, -0.05) is 19.8 Å². The van der Waals surface area contributed by atoms with Crippen molar-refractivity contribution in [1.29, 1.82) is 0 Å². The van der Waals surface area contributed by atoms with Gasteiger partial charge in [-0.2, -0.15) is 0 Å². The van der Waals surface area contributed by atoms with Gasteiger partial charge in [0.1, 0.15) is 5.60 Å². The summed E-state index contributed by atoms with van der Waals surface area (Å²) >= 11 is 0. The van der Waals surface area contributed by atoms with Crippen LogP contribution in [-0.2, 0) is 4.74 Å². The Hall–Kier alpha value is -1.33. The summed E-state index contributed by atoms with van der Waals surface area (Å²) in [5.74, 6) is 0. The number of hydrogen-bond acceptors (Lipinski definition) is 4. The number of hydrogen-bond donors (Lipinski definition) is 1. The van der Waals surface area contributed by atoms with Crippen LogP contribution in [0.4, 0.5) is 4.79 Å². The number of unbranched alkanes of at least 4 members (excludes halogenated alkanes) is 1. The molecule has 0 aromatic carbocycles. The number of carbonyl (C=O) groups is 1. The van der Waals surface area contributed by atoms with Gasteiger partial charge in [-0.05, 0) is 27.2 Å². The van der Waals surface area contributed by atoms with E-state index in [-0.39, 0.29) is 4.92 Å². The van der Waals surface area contributed by atoms with Gasteiger partial charge in [0.2, 0.25) is 6.04 Å². The summed E-state index contributed by atoms with van der Waals surface area (Å²) in [7, 11) is 0. The van der Waals surface area contributed by atoms with Crippen LogP contribution < -0.4 is 5.32 Å². The van der Waals surface area contributed by atoms with E-state index in [0.29, 0.717) is 6.42 Å². The predicted molar refractivity (Wildman–Crippen MR) is 69.1 cm³/mol. The highest BCUT2D eigenvalue weighted by atomic mass is 16.6. The van der Waals surface area contributed by atoms with E-state index in [9.17, 15) is 14.9 Å². The van der Waals surface area contributed by atoms with Crippen molar-refractivity contribution in [3.05, 3.63) is 10.1 Å². The molecule has 0 aliphatic rings. The zero-order valence-corrected chi connectivity index (χ0v) is 11.9. The van der Waals surface area contributed by atoms with Crippen molar-refractivity contribution >= 4 is 6.09 Å². The third kappa shape index (κ3) is 7.09. The molecule has 0 fully saturated rings. The number of nitrogens with one attached hydrogen (secondary N) is 1. The fourth-order valence-corrected chi connectivity index (χ4v) is 1.46. The smallest absolute Gasteiger partial charge is 0.408 e. The molecule has 6 heteroatoms. The van der Waals surface area contributed by atoms with Crippen LogP contribution in [0.2, 0.25) is 0 Å². The summed E-state index contributed by atoms with van der Waals surface area (Å²) in [4.78, 5) is 22.0. The summed E-state index contributed by atoms with van der Waals surface area (Å²) in [6.45, 7) is 8.76. The van der Waals surface area contributed by atoms with E-state index >= 15 is 0 Å². The minimum atomic E-state index is -0.816. The van der Waals surface area contributed by atoms with E-state index in [1.807, 2.05) is 6.92 Å². The molecule has 0 spiro atoms. The molecule has 6 nitrogen and oxygen atoms in total. The fraction of sp³-hybridized carbons (Fsp3) is 0.917.